The third kappa shape index (κ3) is 3.77. The number of benzene rings is 1. The molecule has 1 aliphatic rings. The average molecular weight is 264 g/mol. The molecule has 1 saturated heterocycles. The molecule has 0 spiro atoms. The van der Waals surface area contributed by atoms with E-state index in [0.717, 1.165) is 38.4 Å². The molecule has 2 rings (SSSR count). The van der Waals surface area contributed by atoms with Gasteiger partial charge in [-0.3, -0.25) is 4.90 Å². The van der Waals surface area contributed by atoms with Crippen molar-refractivity contribution in [3.05, 3.63) is 35.6 Å². The molecule has 3 heteroatoms. The molecule has 1 fully saturated rings. The van der Waals surface area contributed by atoms with Crippen LogP contribution in [0.1, 0.15) is 44.2 Å². The summed E-state index contributed by atoms with van der Waals surface area (Å²) >= 11 is 0. The highest BCUT2D eigenvalue weighted by molar-refractivity contribution is 5.20. The number of halogens is 1. The first-order valence-electron chi connectivity index (χ1n) is 7.44. The number of nitrogens with two attached hydrogens (primary N) is 1. The van der Waals surface area contributed by atoms with E-state index in [4.69, 9.17) is 5.73 Å². The lowest BCUT2D eigenvalue weighted by atomic mass is 9.91. The van der Waals surface area contributed by atoms with Gasteiger partial charge in [0.05, 0.1) is 0 Å². The zero-order valence-electron chi connectivity index (χ0n) is 11.8. The predicted molar refractivity (Wildman–Crippen MR) is 77.4 cm³/mol. The van der Waals surface area contributed by atoms with Gasteiger partial charge in [0.15, 0.2) is 0 Å². The molecule has 1 atom stereocenters. The van der Waals surface area contributed by atoms with Gasteiger partial charge < -0.3 is 5.73 Å². The molecule has 1 aromatic carbocycles. The van der Waals surface area contributed by atoms with Crippen molar-refractivity contribution in [2.24, 2.45) is 11.7 Å². The van der Waals surface area contributed by atoms with E-state index < -0.39 is 0 Å². The highest BCUT2D eigenvalue weighted by Gasteiger charge is 2.24. The lowest BCUT2D eigenvalue weighted by Crippen LogP contribution is -2.37. The van der Waals surface area contributed by atoms with Crippen LogP contribution in [-0.2, 0) is 0 Å². The molecule has 0 aliphatic carbocycles. The smallest absolute Gasteiger partial charge is 0.123 e. The highest BCUT2D eigenvalue weighted by atomic mass is 19.1. The quantitative estimate of drug-likeness (QED) is 0.884. The summed E-state index contributed by atoms with van der Waals surface area (Å²) in [5.74, 6) is 0.646. The van der Waals surface area contributed by atoms with Gasteiger partial charge in [0.2, 0.25) is 0 Å². The Labute approximate surface area is 115 Å². The van der Waals surface area contributed by atoms with Gasteiger partial charge in [-0.1, -0.05) is 19.1 Å². The third-order valence-corrected chi connectivity index (χ3v) is 4.31. The number of likely N-dealkylation sites (tertiary alicyclic amines) is 1. The summed E-state index contributed by atoms with van der Waals surface area (Å²) in [6.45, 7) is 5.29. The van der Waals surface area contributed by atoms with Crippen LogP contribution in [0.25, 0.3) is 0 Å². The number of hydrogen-bond donors (Lipinski definition) is 1. The van der Waals surface area contributed by atoms with Gasteiger partial charge in [-0.25, -0.2) is 4.39 Å². The zero-order valence-corrected chi connectivity index (χ0v) is 11.8. The second-order valence-corrected chi connectivity index (χ2v) is 5.53. The molecule has 1 aromatic rings. The Balaban J connectivity index is 1.97. The second kappa shape index (κ2) is 7.01. The van der Waals surface area contributed by atoms with E-state index in [1.54, 1.807) is 12.1 Å². The maximum absolute atomic E-state index is 13.0. The van der Waals surface area contributed by atoms with Crippen LogP contribution in [0.2, 0.25) is 0 Å². The lowest BCUT2D eigenvalue weighted by molar-refractivity contribution is 0.126. The number of nitrogens with zero attached hydrogens (tertiary/aromatic N) is 1. The van der Waals surface area contributed by atoms with Gasteiger partial charge in [-0.2, -0.15) is 0 Å². The van der Waals surface area contributed by atoms with Crippen molar-refractivity contribution < 1.29 is 4.39 Å². The molecule has 106 valence electrons. The van der Waals surface area contributed by atoms with Crippen molar-refractivity contribution in [2.75, 3.05) is 19.6 Å². The van der Waals surface area contributed by atoms with Crippen LogP contribution in [0.15, 0.2) is 24.3 Å². The van der Waals surface area contributed by atoms with Gasteiger partial charge >= 0.3 is 0 Å². The topological polar surface area (TPSA) is 29.3 Å². The molecule has 1 unspecified atom stereocenters. The summed E-state index contributed by atoms with van der Waals surface area (Å²) in [6, 6.07) is 7.42. The summed E-state index contributed by atoms with van der Waals surface area (Å²) in [7, 11) is 0. The predicted octanol–water partition coefficient (Wildman–Crippen LogP) is 3.34. The van der Waals surface area contributed by atoms with E-state index >= 15 is 0 Å². The largest absolute Gasteiger partial charge is 0.330 e. The Morgan fingerprint density at radius 2 is 1.89 bits per heavy atom. The van der Waals surface area contributed by atoms with Crippen LogP contribution in [-0.4, -0.2) is 24.5 Å². The van der Waals surface area contributed by atoms with E-state index in [1.165, 1.54) is 18.4 Å². The molecule has 2 N–H and O–H groups in total. The molecule has 19 heavy (non-hydrogen) atoms. The number of piperidine rings is 1. The fourth-order valence-electron chi connectivity index (χ4n) is 3.18. The van der Waals surface area contributed by atoms with Crippen molar-refractivity contribution in [2.45, 2.75) is 38.6 Å². The summed E-state index contributed by atoms with van der Waals surface area (Å²) < 4.78 is 13.0. The first kappa shape index (κ1) is 14.5. The van der Waals surface area contributed by atoms with Gasteiger partial charge in [-0.15, -0.1) is 0 Å². The molecule has 0 bridgehead atoms. The monoisotopic (exact) mass is 264 g/mol. The third-order valence-electron chi connectivity index (χ3n) is 4.31. The van der Waals surface area contributed by atoms with Gasteiger partial charge in [0.1, 0.15) is 5.82 Å². The summed E-state index contributed by atoms with van der Waals surface area (Å²) in [5, 5.41) is 0. The Morgan fingerprint density at radius 1 is 1.26 bits per heavy atom. The first-order chi connectivity index (χ1) is 9.24. The molecule has 1 aliphatic heterocycles. The minimum absolute atomic E-state index is 0.153. The standard InChI is InChI=1S/C16H25FN2/c1-2-16(14-3-5-15(17)6-4-14)19-11-8-13(7-10-18)9-12-19/h3-6,13,16H,2,7-12,18H2,1H3. The number of rotatable bonds is 5. The van der Waals surface area contributed by atoms with Crippen LogP contribution in [0.5, 0.6) is 0 Å². The van der Waals surface area contributed by atoms with Crippen LogP contribution in [0.3, 0.4) is 0 Å². The zero-order chi connectivity index (χ0) is 13.7. The van der Waals surface area contributed by atoms with Gasteiger partial charge in [0, 0.05) is 6.04 Å². The van der Waals surface area contributed by atoms with Crippen LogP contribution < -0.4 is 5.73 Å². The fraction of sp³-hybridized carbons (Fsp3) is 0.625. The lowest BCUT2D eigenvalue weighted by Gasteiger charge is -2.37. The molecule has 1 heterocycles. The SMILES string of the molecule is CCC(c1ccc(F)cc1)N1CCC(CCN)CC1. The molecule has 0 saturated carbocycles. The molecule has 2 nitrogen and oxygen atoms in total. The Bertz CT molecular complexity index is 369. The van der Waals surface area contributed by atoms with Crippen LogP contribution in [0, 0.1) is 11.7 Å². The van der Waals surface area contributed by atoms with E-state index in [1.807, 2.05) is 12.1 Å². The normalized spacial score (nSPS) is 19.5. The van der Waals surface area contributed by atoms with E-state index in [-0.39, 0.29) is 5.82 Å². The van der Waals surface area contributed by atoms with Crippen molar-refractivity contribution in [3.8, 4) is 0 Å². The second-order valence-electron chi connectivity index (χ2n) is 5.53. The Hall–Kier alpha value is -0.930. The summed E-state index contributed by atoms with van der Waals surface area (Å²) in [4.78, 5) is 2.54. The van der Waals surface area contributed by atoms with E-state index in [9.17, 15) is 4.39 Å². The summed E-state index contributed by atoms with van der Waals surface area (Å²) in [5.41, 5.74) is 6.87. The first-order valence-corrected chi connectivity index (χ1v) is 7.44. The molecule has 0 radical (unpaired) electrons. The van der Waals surface area contributed by atoms with Gasteiger partial charge in [-0.05, 0) is 68.9 Å². The van der Waals surface area contributed by atoms with Crippen molar-refractivity contribution >= 4 is 0 Å². The molecular weight excluding hydrogens is 239 g/mol. The number of hydrogen-bond acceptors (Lipinski definition) is 2. The molecule has 0 aromatic heterocycles. The Morgan fingerprint density at radius 3 is 2.42 bits per heavy atom. The molecular formula is C16H25FN2. The van der Waals surface area contributed by atoms with Gasteiger partial charge in [0.25, 0.3) is 0 Å². The minimum atomic E-state index is -0.153. The minimum Gasteiger partial charge on any atom is -0.330 e. The maximum Gasteiger partial charge on any atom is 0.123 e. The highest BCUT2D eigenvalue weighted by Crippen LogP contribution is 2.30. The van der Waals surface area contributed by atoms with Crippen LogP contribution >= 0.6 is 0 Å². The van der Waals surface area contributed by atoms with E-state index in [0.29, 0.717) is 6.04 Å². The Kier molecular flexibility index (Phi) is 5.34. The van der Waals surface area contributed by atoms with E-state index in [2.05, 4.69) is 11.8 Å². The fourth-order valence-corrected chi connectivity index (χ4v) is 3.18. The average Bonchev–Trinajstić information content (AvgIpc) is 2.44. The summed E-state index contributed by atoms with van der Waals surface area (Å²) in [6.07, 6.45) is 4.72. The molecule has 0 amide bonds. The maximum atomic E-state index is 13.0. The van der Waals surface area contributed by atoms with Crippen molar-refractivity contribution in [1.29, 1.82) is 0 Å². The van der Waals surface area contributed by atoms with Crippen molar-refractivity contribution in [1.82, 2.24) is 4.90 Å². The van der Waals surface area contributed by atoms with Crippen molar-refractivity contribution in [3.63, 3.8) is 0 Å². The van der Waals surface area contributed by atoms with Crippen LogP contribution in [0.4, 0.5) is 4.39 Å².